The molecule has 1 aliphatic rings. The zero-order valence-corrected chi connectivity index (χ0v) is 19.7. The number of nitrogens with one attached hydrogen (secondary N) is 1. The molecule has 2 aromatic rings. The Morgan fingerprint density at radius 1 is 1.09 bits per heavy atom. The fraction of sp³-hybridized carbons (Fsp3) is 0.364. The second-order valence-electron chi connectivity index (χ2n) is 7.77. The molecule has 0 unspecified atom stereocenters. The first kappa shape index (κ1) is 25.3. The third-order valence-electron chi connectivity index (χ3n) is 5.55. The van der Waals surface area contributed by atoms with Gasteiger partial charge in [0, 0.05) is 56.5 Å². The van der Waals surface area contributed by atoms with Gasteiger partial charge >= 0.3 is 5.69 Å². The quantitative estimate of drug-likeness (QED) is 0.320. The third kappa shape index (κ3) is 5.95. The number of ketones is 1. The van der Waals surface area contributed by atoms with Crippen molar-refractivity contribution in [3.8, 4) is 5.75 Å². The van der Waals surface area contributed by atoms with Crippen LogP contribution in [0.1, 0.15) is 23.7 Å². The van der Waals surface area contributed by atoms with Crippen LogP contribution in [0.2, 0.25) is 0 Å². The minimum atomic E-state index is -3.90. The number of nitrogens with zero attached hydrogens (tertiary/aromatic N) is 3. The molecule has 34 heavy (non-hydrogen) atoms. The second kappa shape index (κ2) is 10.7. The Morgan fingerprint density at radius 3 is 2.29 bits per heavy atom. The number of rotatable bonds is 9. The molecule has 1 heterocycles. The Morgan fingerprint density at radius 2 is 1.74 bits per heavy atom. The van der Waals surface area contributed by atoms with Crippen LogP contribution in [-0.4, -0.2) is 74.1 Å². The lowest BCUT2D eigenvalue weighted by Crippen LogP contribution is -2.49. The van der Waals surface area contributed by atoms with Gasteiger partial charge < -0.3 is 15.0 Å². The molecule has 3 rings (SSSR count). The Bertz CT molecular complexity index is 1170. The van der Waals surface area contributed by atoms with Gasteiger partial charge in [0.15, 0.2) is 11.5 Å². The van der Waals surface area contributed by atoms with E-state index < -0.39 is 20.6 Å². The summed E-state index contributed by atoms with van der Waals surface area (Å²) in [5.74, 6) is -0.248. The molecule has 0 aromatic heterocycles. The molecule has 1 N–H and O–H groups in total. The highest BCUT2D eigenvalue weighted by atomic mass is 32.2. The minimum absolute atomic E-state index is 0.0122. The molecule has 1 saturated heterocycles. The highest BCUT2D eigenvalue weighted by Gasteiger charge is 2.30. The lowest BCUT2D eigenvalue weighted by Gasteiger charge is -2.33. The third-order valence-corrected chi connectivity index (χ3v) is 7.44. The number of amides is 1. The van der Waals surface area contributed by atoms with Crippen molar-refractivity contribution >= 4 is 33.1 Å². The lowest BCUT2D eigenvalue weighted by atomic mass is 10.1. The van der Waals surface area contributed by atoms with Gasteiger partial charge in [-0.2, -0.15) is 4.31 Å². The average molecular weight is 491 g/mol. The van der Waals surface area contributed by atoms with E-state index in [1.54, 1.807) is 24.3 Å². The number of piperazine rings is 1. The summed E-state index contributed by atoms with van der Waals surface area (Å²) in [4.78, 5) is 35.9. The largest absolute Gasteiger partial charge is 0.490 e. The molecule has 2 aromatic carbocycles. The maximum absolute atomic E-state index is 13.0. The molecule has 0 bridgehead atoms. The van der Waals surface area contributed by atoms with Gasteiger partial charge in [-0.3, -0.25) is 19.7 Å². The molecule has 182 valence electrons. The fourth-order valence-corrected chi connectivity index (χ4v) is 5.03. The Hall–Kier alpha value is -3.35. The first-order valence-electron chi connectivity index (χ1n) is 10.6. The Labute approximate surface area is 197 Å². The molecular formula is C22H26N4O7S. The molecule has 0 saturated carbocycles. The average Bonchev–Trinajstić information content (AvgIpc) is 2.82. The highest BCUT2D eigenvalue weighted by molar-refractivity contribution is 7.89. The van der Waals surface area contributed by atoms with Crippen LogP contribution in [0.3, 0.4) is 0 Å². The molecule has 1 amide bonds. The van der Waals surface area contributed by atoms with Crippen LogP contribution >= 0.6 is 0 Å². The van der Waals surface area contributed by atoms with Crippen molar-refractivity contribution in [1.82, 2.24) is 9.21 Å². The van der Waals surface area contributed by atoms with E-state index in [0.717, 1.165) is 6.07 Å². The van der Waals surface area contributed by atoms with E-state index in [-0.39, 0.29) is 41.8 Å². The number of methoxy groups -OCH3 is 1. The molecule has 1 fully saturated rings. The summed E-state index contributed by atoms with van der Waals surface area (Å²) in [5, 5.41) is 14.0. The van der Waals surface area contributed by atoms with Crippen molar-refractivity contribution in [3.05, 3.63) is 58.1 Å². The van der Waals surface area contributed by atoms with E-state index in [4.69, 9.17) is 4.74 Å². The van der Waals surface area contributed by atoms with Gasteiger partial charge in [-0.05, 0) is 43.3 Å². The number of hydrogen-bond donors (Lipinski definition) is 1. The predicted molar refractivity (Wildman–Crippen MR) is 125 cm³/mol. The number of benzene rings is 2. The molecule has 0 atom stereocenters. The monoisotopic (exact) mass is 490 g/mol. The zero-order chi connectivity index (χ0) is 24.9. The Kier molecular flexibility index (Phi) is 7.97. The summed E-state index contributed by atoms with van der Waals surface area (Å²) in [5.41, 5.74) is 0.749. The summed E-state index contributed by atoms with van der Waals surface area (Å²) < 4.78 is 32.1. The first-order valence-corrected chi connectivity index (χ1v) is 12.0. The number of carbonyl (C=O) groups excluding carboxylic acids is 2. The number of sulfonamides is 1. The number of nitro groups is 1. The lowest BCUT2D eigenvalue weighted by molar-refractivity contribution is -0.386. The second-order valence-corrected chi connectivity index (χ2v) is 9.71. The minimum Gasteiger partial charge on any atom is -0.490 e. The van der Waals surface area contributed by atoms with Crippen LogP contribution in [0.15, 0.2) is 47.4 Å². The SMILES string of the molecule is COc1ccc(S(=O)(=O)N2CCN(CCC(=O)Nc3ccc(C(C)=O)cc3)CC2)cc1[N+](=O)[O-]. The standard InChI is InChI=1S/C22H26N4O7S/c1-16(27)17-3-5-18(6-4-17)23-22(28)9-10-24-11-13-25(14-12-24)34(31,32)19-7-8-21(33-2)20(15-19)26(29)30/h3-8,15H,9-14H2,1-2H3,(H,23,28). The number of carbonyl (C=O) groups is 2. The van der Waals surface area contributed by atoms with E-state index >= 15 is 0 Å². The van der Waals surface area contributed by atoms with E-state index in [1.165, 1.54) is 30.5 Å². The van der Waals surface area contributed by atoms with E-state index in [2.05, 4.69) is 5.32 Å². The maximum Gasteiger partial charge on any atom is 0.312 e. The van der Waals surface area contributed by atoms with Gasteiger partial charge in [0.25, 0.3) is 0 Å². The van der Waals surface area contributed by atoms with Crippen molar-refractivity contribution in [2.75, 3.05) is 45.2 Å². The Balaban J connectivity index is 1.52. The van der Waals surface area contributed by atoms with Crippen LogP contribution in [0.5, 0.6) is 5.75 Å². The van der Waals surface area contributed by atoms with Gasteiger partial charge in [-0.25, -0.2) is 8.42 Å². The van der Waals surface area contributed by atoms with Crippen LogP contribution in [-0.2, 0) is 14.8 Å². The molecule has 1 aliphatic heterocycles. The fourth-order valence-electron chi connectivity index (χ4n) is 3.59. The summed E-state index contributed by atoms with van der Waals surface area (Å²) in [7, 11) is -2.63. The van der Waals surface area contributed by atoms with Crippen molar-refractivity contribution in [3.63, 3.8) is 0 Å². The van der Waals surface area contributed by atoms with Crippen molar-refractivity contribution in [1.29, 1.82) is 0 Å². The van der Waals surface area contributed by atoms with Gasteiger partial charge in [0.2, 0.25) is 15.9 Å². The molecule has 11 nitrogen and oxygen atoms in total. The number of Topliss-reactive ketones (excluding diaryl/α,β-unsaturated/α-hetero) is 1. The summed E-state index contributed by atoms with van der Waals surface area (Å²) in [6, 6.07) is 10.2. The van der Waals surface area contributed by atoms with Gasteiger partial charge in [-0.1, -0.05) is 0 Å². The topological polar surface area (TPSA) is 139 Å². The molecular weight excluding hydrogens is 464 g/mol. The normalized spacial score (nSPS) is 15.0. The van der Waals surface area contributed by atoms with E-state index in [9.17, 15) is 28.1 Å². The van der Waals surface area contributed by atoms with Crippen LogP contribution in [0.4, 0.5) is 11.4 Å². The first-order chi connectivity index (χ1) is 16.1. The zero-order valence-electron chi connectivity index (χ0n) is 18.9. The van der Waals surface area contributed by atoms with Crippen LogP contribution in [0, 0.1) is 10.1 Å². The summed E-state index contributed by atoms with van der Waals surface area (Å²) in [6.45, 7) is 3.20. The number of nitro benzene ring substituents is 1. The van der Waals surface area contributed by atoms with Gasteiger partial charge in [0.05, 0.1) is 16.9 Å². The van der Waals surface area contributed by atoms with Crippen molar-refractivity contribution < 1.29 is 27.7 Å². The number of ether oxygens (including phenoxy) is 1. The van der Waals surface area contributed by atoms with Gasteiger partial charge in [-0.15, -0.1) is 0 Å². The van der Waals surface area contributed by atoms with Gasteiger partial charge in [0.1, 0.15) is 0 Å². The van der Waals surface area contributed by atoms with E-state index in [1.807, 2.05) is 4.90 Å². The smallest absolute Gasteiger partial charge is 0.312 e. The van der Waals surface area contributed by atoms with Crippen LogP contribution < -0.4 is 10.1 Å². The molecule has 12 heteroatoms. The summed E-state index contributed by atoms with van der Waals surface area (Å²) in [6.07, 6.45) is 0.228. The van der Waals surface area contributed by atoms with Crippen molar-refractivity contribution in [2.24, 2.45) is 0 Å². The highest BCUT2D eigenvalue weighted by Crippen LogP contribution is 2.30. The maximum atomic E-state index is 13.0. The molecule has 0 aliphatic carbocycles. The number of hydrogen-bond acceptors (Lipinski definition) is 8. The summed E-state index contributed by atoms with van der Waals surface area (Å²) >= 11 is 0. The molecule has 0 radical (unpaired) electrons. The molecule has 0 spiro atoms. The van der Waals surface area contributed by atoms with Crippen LogP contribution in [0.25, 0.3) is 0 Å². The van der Waals surface area contributed by atoms with E-state index in [0.29, 0.717) is 30.9 Å². The number of anilines is 1. The predicted octanol–water partition coefficient (Wildman–Crippen LogP) is 2.14. The van der Waals surface area contributed by atoms with Crippen molar-refractivity contribution in [2.45, 2.75) is 18.2 Å².